The van der Waals surface area contributed by atoms with Gasteiger partial charge in [-0.25, -0.2) is 4.98 Å². The maximum absolute atomic E-state index is 11.0. The van der Waals surface area contributed by atoms with Crippen molar-refractivity contribution in [2.45, 2.75) is 30.7 Å². The standard InChI is InChI=1S/C13H16N2O3S/c1-3-11(12(16)17)19-13-14-9-6-5-8(18-4-2)7-10(9)15-13/h5-7,11H,3-4H2,1-2H3,(H,14,15)(H,16,17). The Morgan fingerprint density at radius 2 is 2.32 bits per heavy atom. The number of carbonyl (C=O) groups is 1. The van der Waals surface area contributed by atoms with Gasteiger partial charge in [-0.05, 0) is 25.5 Å². The summed E-state index contributed by atoms with van der Waals surface area (Å²) in [6.45, 7) is 4.39. The molecule has 19 heavy (non-hydrogen) atoms. The number of rotatable bonds is 6. The lowest BCUT2D eigenvalue weighted by atomic mass is 10.3. The second-order valence-electron chi connectivity index (χ2n) is 4.01. The molecule has 6 heteroatoms. The Morgan fingerprint density at radius 3 is 2.95 bits per heavy atom. The SMILES string of the molecule is CCOc1ccc2nc(SC(CC)C(=O)O)[nH]c2c1. The lowest BCUT2D eigenvalue weighted by Gasteiger charge is -2.05. The second kappa shape index (κ2) is 5.97. The number of imidazole rings is 1. The Balaban J connectivity index is 2.23. The molecule has 0 spiro atoms. The molecule has 5 nitrogen and oxygen atoms in total. The smallest absolute Gasteiger partial charge is 0.317 e. The monoisotopic (exact) mass is 280 g/mol. The number of benzene rings is 1. The van der Waals surface area contributed by atoms with E-state index in [9.17, 15) is 4.79 Å². The van der Waals surface area contributed by atoms with Crippen LogP contribution >= 0.6 is 11.8 Å². The van der Waals surface area contributed by atoms with E-state index in [1.807, 2.05) is 32.0 Å². The minimum absolute atomic E-state index is 0.480. The number of aromatic nitrogens is 2. The van der Waals surface area contributed by atoms with Crippen LogP contribution in [0, 0.1) is 0 Å². The van der Waals surface area contributed by atoms with E-state index < -0.39 is 11.2 Å². The zero-order chi connectivity index (χ0) is 13.8. The van der Waals surface area contributed by atoms with Crippen molar-refractivity contribution >= 4 is 28.8 Å². The molecule has 1 heterocycles. The van der Waals surface area contributed by atoms with E-state index in [1.165, 1.54) is 11.8 Å². The van der Waals surface area contributed by atoms with E-state index in [1.54, 1.807) is 0 Å². The van der Waals surface area contributed by atoms with Gasteiger partial charge in [-0.3, -0.25) is 4.79 Å². The minimum atomic E-state index is -0.817. The summed E-state index contributed by atoms with van der Waals surface area (Å²) < 4.78 is 5.42. The van der Waals surface area contributed by atoms with Gasteiger partial charge in [0, 0.05) is 6.07 Å². The minimum Gasteiger partial charge on any atom is -0.494 e. The lowest BCUT2D eigenvalue weighted by molar-refractivity contribution is -0.136. The van der Waals surface area contributed by atoms with E-state index in [4.69, 9.17) is 9.84 Å². The molecule has 1 unspecified atom stereocenters. The summed E-state index contributed by atoms with van der Waals surface area (Å²) in [5.74, 6) is -0.0385. The molecule has 2 aromatic rings. The van der Waals surface area contributed by atoms with Crippen LogP contribution in [0.15, 0.2) is 23.4 Å². The number of H-pyrrole nitrogens is 1. The van der Waals surface area contributed by atoms with E-state index >= 15 is 0 Å². The van der Waals surface area contributed by atoms with E-state index in [0.29, 0.717) is 18.2 Å². The number of carboxylic acids is 1. The predicted molar refractivity (Wildman–Crippen MR) is 74.8 cm³/mol. The van der Waals surface area contributed by atoms with Gasteiger partial charge in [0.2, 0.25) is 0 Å². The number of nitrogens with zero attached hydrogens (tertiary/aromatic N) is 1. The van der Waals surface area contributed by atoms with Crippen LogP contribution < -0.4 is 4.74 Å². The van der Waals surface area contributed by atoms with Crippen molar-refractivity contribution in [3.8, 4) is 5.75 Å². The Morgan fingerprint density at radius 1 is 1.53 bits per heavy atom. The third-order valence-electron chi connectivity index (χ3n) is 2.64. The first-order valence-electron chi connectivity index (χ1n) is 6.16. The maximum Gasteiger partial charge on any atom is 0.317 e. The van der Waals surface area contributed by atoms with Gasteiger partial charge in [0.05, 0.1) is 17.6 Å². The van der Waals surface area contributed by atoms with Crippen LogP contribution in [-0.2, 0) is 4.79 Å². The number of aliphatic carboxylic acids is 1. The van der Waals surface area contributed by atoms with Gasteiger partial charge >= 0.3 is 5.97 Å². The molecule has 0 bridgehead atoms. The molecule has 2 rings (SSSR count). The molecule has 1 aromatic carbocycles. The number of hydrogen-bond donors (Lipinski definition) is 2. The highest BCUT2D eigenvalue weighted by atomic mass is 32.2. The summed E-state index contributed by atoms with van der Waals surface area (Å²) >= 11 is 1.23. The van der Waals surface area contributed by atoms with Crippen LogP contribution in [0.5, 0.6) is 5.75 Å². The first kappa shape index (κ1) is 13.7. The fourth-order valence-corrected chi connectivity index (χ4v) is 2.58. The van der Waals surface area contributed by atoms with E-state index in [0.717, 1.165) is 16.8 Å². The molecule has 1 aromatic heterocycles. The van der Waals surface area contributed by atoms with Gasteiger partial charge in [0.1, 0.15) is 11.0 Å². The van der Waals surface area contributed by atoms with Crippen molar-refractivity contribution in [3.05, 3.63) is 18.2 Å². The molecule has 0 radical (unpaired) electrons. The average molecular weight is 280 g/mol. The second-order valence-corrected chi connectivity index (χ2v) is 5.20. The van der Waals surface area contributed by atoms with Gasteiger partial charge in [0.25, 0.3) is 0 Å². The van der Waals surface area contributed by atoms with Crippen LogP contribution in [0.25, 0.3) is 11.0 Å². The fraction of sp³-hybridized carbons (Fsp3) is 0.385. The average Bonchev–Trinajstić information content (AvgIpc) is 2.77. The van der Waals surface area contributed by atoms with E-state index in [2.05, 4.69) is 9.97 Å². The number of carboxylic acid groups (broad SMARTS) is 1. The summed E-state index contributed by atoms with van der Waals surface area (Å²) in [6, 6.07) is 5.59. The van der Waals surface area contributed by atoms with Crippen LogP contribution in [0.3, 0.4) is 0 Å². The van der Waals surface area contributed by atoms with Crippen molar-refractivity contribution in [3.63, 3.8) is 0 Å². The highest BCUT2D eigenvalue weighted by Crippen LogP contribution is 2.27. The topological polar surface area (TPSA) is 75.2 Å². The highest BCUT2D eigenvalue weighted by Gasteiger charge is 2.18. The maximum atomic E-state index is 11.0. The molecule has 0 fully saturated rings. The van der Waals surface area contributed by atoms with Crippen LogP contribution in [-0.4, -0.2) is 32.9 Å². The number of thioether (sulfide) groups is 1. The number of fused-ring (bicyclic) bond motifs is 1. The molecule has 1 atom stereocenters. The molecular weight excluding hydrogens is 264 g/mol. The summed E-state index contributed by atoms with van der Waals surface area (Å²) in [5.41, 5.74) is 1.67. The molecule has 102 valence electrons. The number of nitrogens with one attached hydrogen (secondary N) is 1. The molecule has 0 saturated carbocycles. The van der Waals surface area contributed by atoms with Crippen molar-refractivity contribution in [1.82, 2.24) is 9.97 Å². The Bertz CT molecular complexity index is 582. The molecule has 0 aliphatic rings. The van der Waals surface area contributed by atoms with Crippen LogP contribution in [0.2, 0.25) is 0 Å². The first-order valence-corrected chi connectivity index (χ1v) is 7.04. The third kappa shape index (κ3) is 3.20. The fourth-order valence-electron chi connectivity index (χ4n) is 1.72. The highest BCUT2D eigenvalue weighted by molar-refractivity contribution is 8.00. The normalized spacial score (nSPS) is 12.5. The zero-order valence-electron chi connectivity index (χ0n) is 10.8. The Hall–Kier alpha value is -1.69. The van der Waals surface area contributed by atoms with Crippen molar-refractivity contribution in [2.75, 3.05) is 6.61 Å². The van der Waals surface area contributed by atoms with Crippen molar-refractivity contribution in [2.24, 2.45) is 0 Å². The quantitative estimate of drug-likeness (QED) is 0.796. The van der Waals surface area contributed by atoms with Gasteiger partial charge in [-0.15, -0.1) is 0 Å². The molecule has 0 aliphatic carbocycles. The van der Waals surface area contributed by atoms with Gasteiger partial charge in [0.15, 0.2) is 5.16 Å². The first-order chi connectivity index (χ1) is 9.13. The molecular formula is C13H16N2O3S. The number of ether oxygens (including phenoxy) is 1. The third-order valence-corrected chi connectivity index (χ3v) is 3.88. The van der Waals surface area contributed by atoms with Crippen LogP contribution in [0.1, 0.15) is 20.3 Å². The van der Waals surface area contributed by atoms with Crippen molar-refractivity contribution in [1.29, 1.82) is 0 Å². The number of aromatic amines is 1. The largest absolute Gasteiger partial charge is 0.494 e. The van der Waals surface area contributed by atoms with Gasteiger partial charge in [-0.1, -0.05) is 18.7 Å². The summed E-state index contributed by atoms with van der Waals surface area (Å²) in [7, 11) is 0. The summed E-state index contributed by atoms with van der Waals surface area (Å²) in [4.78, 5) is 18.5. The predicted octanol–water partition coefficient (Wildman–Crippen LogP) is 2.92. The summed E-state index contributed by atoms with van der Waals surface area (Å²) in [5, 5.41) is 9.18. The van der Waals surface area contributed by atoms with Gasteiger partial charge < -0.3 is 14.8 Å². The van der Waals surface area contributed by atoms with E-state index in [-0.39, 0.29) is 0 Å². The number of hydrogen-bond acceptors (Lipinski definition) is 4. The molecule has 0 amide bonds. The Labute approximate surface area is 115 Å². The molecule has 0 aliphatic heterocycles. The van der Waals surface area contributed by atoms with Crippen molar-refractivity contribution < 1.29 is 14.6 Å². The zero-order valence-corrected chi connectivity index (χ0v) is 11.7. The Kier molecular flexibility index (Phi) is 4.31. The lowest BCUT2D eigenvalue weighted by Crippen LogP contribution is -2.14. The van der Waals surface area contributed by atoms with Crippen LogP contribution in [0.4, 0.5) is 0 Å². The summed E-state index contributed by atoms with van der Waals surface area (Å²) in [6.07, 6.45) is 0.557. The van der Waals surface area contributed by atoms with Gasteiger partial charge in [-0.2, -0.15) is 0 Å². The molecule has 2 N–H and O–H groups in total. The molecule has 0 saturated heterocycles.